The lowest BCUT2D eigenvalue weighted by molar-refractivity contribution is 0.284. The molecule has 1 aromatic heterocycles. The molecule has 0 saturated heterocycles. The molecule has 0 aliphatic carbocycles. The van der Waals surface area contributed by atoms with Crippen molar-refractivity contribution in [1.29, 1.82) is 0 Å². The first-order valence-electron chi connectivity index (χ1n) is 6.56. The molecule has 0 bridgehead atoms. The van der Waals surface area contributed by atoms with Crippen LogP contribution in [0.25, 0.3) is 0 Å². The molecule has 0 saturated carbocycles. The maximum Gasteiger partial charge on any atom is 0.176 e. The van der Waals surface area contributed by atoms with Crippen molar-refractivity contribution in [2.45, 2.75) is 19.3 Å². The van der Waals surface area contributed by atoms with E-state index in [4.69, 9.17) is 17.3 Å². The normalized spacial score (nSPS) is 10.2. The fourth-order valence-corrected chi connectivity index (χ4v) is 2.05. The highest BCUT2D eigenvalue weighted by atomic mass is 32.1. The van der Waals surface area contributed by atoms with E-state index >= 15 is 0 Å². The summed E-state index contributed by atoms with van der Waals surface area (Å²) in [7, 11) is 0. The third kappa shape index (κ3) is 4.32. The molecule has 0 spiro atoms. The molecule has 0 atom stereocenters. The summed E-state index contributed by atoms with van der Waals surface area (Å²) in [6.45, 7) is 0.217. The van der Waals surface area contributed by atoms with Crippen LogP contribution in [0.4, 0.5) is 11.5 Å². The van der Waals surface area contributed by atoms with E-state index < -0.39 is 0 Å². The van der Waals surface area contributed by atoms with E-state index in [1.165, 1.54) is 0 Å². The van der Waals surface area contributed by atoms with Crippen molar-refractivity contribution in [3.8, 4) is 0 Å². The van der Waals surface area contributed by atoms with Crippen LogP contribution >= 0.6 is 12.2 Å². The summed E-state index contributed by atoms with van der Waals surface area (Å²) in [5, 5.41) is 22.5. The van der Waals surface area contributed by atoms with Gasteiger partial charge in [0, 0.05) is 24.1 Å². The molecule has 0 radical (unpaired) electrons. The molecule has 106 valence electrons. The minimum atomic E-state index is 0.217. The number of aromatic amines is 1. The second kappa shape index (κ2) is 7.62. The summed E-state index contributed by atoms with van der Waals surface area (Å²) in [5.74, 6) is 0.733. The number of para-hydroxylation sites is 1. The molecule has 1 heterocycles. The molecule has 0 aliphatic rings. The molecular weight excluding hydrogens is 272 g/mol. The zero-order chi connectivity index (χ0) is 14.2. The minimum Gasteiger partial charge on any atom is -0.396 e. The van der Waals surface area contributed by atoms with Crippen molar-refractivity contribution in [3.05, 3.63) is 42.1 Å². The van der Waals surface area contributed by atoms with E-state index in [0.717, 1.165) is 36.3 Å². The number of aryl methyl sites for hydroxylation is 1. The number of aliphatic hydroxyl groups excluding tert-OH is 1. The Labute approximate surface area is 123 Å². The smallest absolute Gasteiger partial charge is 0.176 e. The number of nitrogens with zero attached hydrogens (tertiary/aromatic N) is 1. The average Bonchev–Trinajstić information content (AvgIpc) is 2.87. The van der Waals surface area contributed by atoms with Gasteiger partial charge in [0.1, 0.15) is 0 Å². The largest absolute Gasteiger partial charge is 0.396 e. The van der Waals surface area contributed by atoms with Crippen molar-refractivity contribution < 1.29 is 5.11 Å². The number of aliphatic hydroxyl groups is 1. The highest BCUT2D eigenvalue weighted by Gasteiger charge is 2.07. The molecule has 6 heteroatoms. The average molecular weight is 290 g/mol. The Hall–Kier alpha value is -1.92. The van der Waals surface area contributed by atoms with Crippen LogP contribution in [0.1, 0.15) is 18.4 Å². The second-order valence-corrected chi connectivity index (χ2v) is 4.79. The van der Waals surface area contributed by atoms with Gasteiger partial charge in [-0.25, -0.2) is 0 Å². The Balaban J connectivity index is 1.89. The number of unbranched alkanes of at least 4 members (excludes halogenated alkanes) is 1. The molecule has 1 aromatic carbocycles. The molecular formula is C14H18N4OS. The molecule has 2 rings (SSSR count). The highest BCUT2D eigenvalue weighted by molar-refractivity contribution is 7.80. The van der Waals surface area contributed by atoms with E-state index in [1.54, 1.807) is 0 Å². The minimum absolute atomic E-state index is 0.217. The van der Waals surface area contributed by atoms with Gasteiger partial charge in [0.2, 0.25) is 0 Å². The van der Waals surface area contributed by atoms with Crippen molar-refractivity contribution >= 4 is 28.8 Å². The number of nitrogens with one attached hydrogen (secondary N) is 3. The molecule has 20 heavy (non-hydrogen) atoms. The van der Waals surface area contributed by atoms with Gasteiger partial charge in [0.15, 0.2) is 10.9 Å². The SMILES string of the molecule is OCCCCc1c[nH]nc1NC(=S)Nc1ccccc1. The van der Waals surface area contributed by atoms with Crippen molar-refractivity contribution in [2.75, 3.05) is 17.2 Å². The van der Waals surface area contributed by atoms with Gasteiger partial charge in [-0.05, 0) is 43.6 Å². The van der Waals surface area contributed by atoms with Crippen LogP contribution in [0.15, 0.2) is 36.5 Å². The Morgan fingerprint density at radius 2 is 2.00 bits per heavy atom. The predicted molar refractivity (Wildman–Crippen MR) is 84.9 cm³/mol. The molecule has 0 unspecified atom stereocenters. The lowest BCUT2D eigenvalue weighted by Gasteiger charge is -2.09. The standard InChI is InChI=1S/C14H18N4OS/c19-9-5-4-6-11-10-15-18-13(11)17-14(20)16-12-7-2-1-3-8-12/h1-3,7-8,10,19H,4-6,9H2,(H3,15,16,17,18,20). The van der Waals surface area contributed by atoms with Gasteiger partial charge in [0.25, 0.3) is 0 Å². The molecule has 0 amide bonds. The van der Waals surface area contributed by atoms with E-state index in [1.807, 2.05) is 36.5 Å². The Bertz CT molecular complexity index is 541. The Morgan fingerprint density at radius 3 is 2.75 bits per heavy atom. The summed E-state index contributed by atoms with van der Waals surface area (Å²) >= 11 is 5.26. The lowest BCUT2D eigenvalue weighted by atomic mass is 10.1. The van der Waals surface area contributed by atoms with Crippen LogP contribution in [0.5, 0.6) is 0 Å². The quantitative estimate of drug-likeness (QED) is 0.486. The van der Waals surface area contributed by atoms with Gasteiger partial charge in [0.05, 0.1) is 0 Å². The summed E-state index contributed by atoms with van der Waals surface area (Å²) in [6, 6.07) is 9.73. The molecule has 0 aliphatic heterocycles. The second-order valence-electron chi connectivity index (χ2n) is 4.38. The third-order valence-corrected chi connectivity index (χ3v) is 3.04. The maximum atomic E-state index is 8.80. The van der Waals surface area contributed by atoms with Crippen molar-refractivity contribution in [3.63, 3.8) is 0 Å². The van der Waals surface area contributed by atoms with Gasteiger partial charge >= 0.3 is 0 Å². The van der Waals surface area contributed by atoms with E-state index in [-0.39, 0.29) is 6.61 Å². The number of anilines is 2. The Morgan fingerprint density at radius 1 is 1.20 bits per heavy atom. The van der Waals surface area contributed by atoms with Crippen LogP contribution in [0.2, 0.25) is 0 Å². The first-order valence-corrected chi connectivity index (χ1v) is 6.97. The van der Waals surface area contributed by atoms with Crippen molar-refractivity contribution in [1.82, 2.24) is 10.2 Å². The van der Waals surface area contributed by atoms with Gasteiger partial charge in [-0.15, -0.1) is 0 Å². The number of H-pyrrole nitrogens is 1. The van der Waals surface area contributed by atoms with Crippen LogP contribution in [-0.2, 0) is 6.42 Å². The fraction of sp³-hybridized carbons (Fsp3) is 0.286. The topological polar surface area (TPSA) is 73.0 Å². The van der Waals surface area contributed by atoms with E-state index in [0.29, 0.717) is 5.11 Å². The number of benzene rings is 1. The van der Waals surface area contributed by atoms with Crippen LogP contribution in [0.3, 0.4) is 0 Å². The van der Waals surface area contributed by atoms with Gasteiger partial charge in [-0.3, -0.25) is 5.10 Å². The zero-order valence-corrected chi connectivity index (χ0v) is 11.9. The van der Waals surface area contributed by atoms with Crippen LogP contribution in [0, 0.1) is 0 Å². The van der Waals surface area contributed by atoms with Gasteiger partial charge in [-0.1, -0.05) is 18.2 Å². The Kier molecular flexibility index (Phi) is 5.52. The molecule has 5 nitrogen and oxygen atoms in total. The summed E-state index contributed by atoms with van der Waals surface area (Å²) < 4.78 is 0. The number of hydrogen-bond donors (Lipinski definition) is 4. The highest BCUT2D eigenvalue weighted by Crippen LogP contribution is 2.15. The van der Waals surface area contributed by atoms with Gasteiger partial charge < -0.3 is 15.7 Å². The predicted octanol–water partition coefficient (Wildman–Crippen LogP) is 2.53. The summed E-state index contributed by atoms with van der Waals surface area (Å²) in [5.41, 5.74) is 2.00. The first-order chi connectivity index (χ1) is 9.79. The number of aromatic nitrogens is 2. The lowest BCUT2D eigenvalue weighted by Crippen LogP contribution is -2.20. The van der Waals surface area contributed by atoms with E-state index in [2.05, 4.69) is 20.8 Å². The molecule has 2 aromatic rings. The van der Waals surface area contributed by atoms with Gasteiger partial charge in [-0.2, -0.15) is 5.10 Å². The summed E-state index contributed by atoms with van der Waals surface area (Å²) in [6.07, 6.45) is 4.42. The molecule has 4 N–H and O–H groups in total. The number of rotatable bonds is 6. The maximum absolute atomic E-state index is 8.80. The number of thiocarbonyl (C=S) groups is 1. The van der Waals surface area contributed by atoms with Crippen LogP contribution < -0.4 is 10.6 Å². The van der Waals surface area contributed by atoms with Crippen LogP contribution in [-0.4, -0.2) is 27.0 Å². The monoisotopic (exact) mass is 290 g/mol. The number of hydrogen-bond acceptors (Lipinski definition) is 3. The zero-order valence-electron chi connectivity index (χ0n) is 11.1. The summed E-state index contributed by atoms with van der Waals surface area (Å²) in [4.78, 5) is 0. The fourth-order valence-electron chi connectivity index (χ4n) is 1.83. The molecule has 0 fully saturated rings. The van der Waals surface area contributed by atoms with Crippen molar-refractivity contribution in [2.24, 2.45) is 0 Å². The van der Waals surface area contributed by atoms with E-state index in [9.17, 15) is 0 Å². The first kappa shape index (κ1) is 14.5. The third-order valence-electron chi connectivity index (χ3n) is 2.84.